The Bertz CT molecular complexity index is 235. The number of guanidine groups is 1. The molecule has 0 spiro atoms. The molecule has 94 valence electrons. The quantitative estimate of drug-likeness (QED) is 0.253. The van der Waals surface area contributed by atoms with Crippen LogP contribution in [0.2, 0.25) is 0 Å². The Morgan fingerprint density at radius 2 is 2.25 bits per heavy atom. The summed E-state index contributed by atoms with van der Waals surface area (Å²) < 4.78 is 0. The number of nitrogens with two attached hydrogens (primary N) is 1. The highest BCUT2D eigenvalue weighted by Crippen LogP contribution is 2.28. The van der Waals surface area contributed by atoms with Crippen molar-refractivity contribution >= 4 is 5.96 Å². The van der Waals surface area contributed by atoms with Crippen LogP contribution in [-0.4, -0.2) is 30.5 Å². The summed E-state index contributed by atoms with van der Waals surface area (Å²) in [5.74, 6) is 6.41. The van der Waals surface area contributed by atoms with Crippen molar-refractivity contribution in [3.05, 3.63) is 0 Å². The van der Waals surface area contributed by atoms with Crippen LogP contribution in [0.5, 0.6) is 0 Å². The number of nitrogens with one attached hydrogen (secondary N) is 1. The molecule has 1 aliphatic rings. The number of unbranched alkanes of at least 4 members (excludes halogenated alkanes) is 1. The Morgan fingerprint density at radius 3 is 2.81 bits per heavy atom. The Labute approximate surface area is 99.3 Å². The molecule has 1 heterocycles. The van der Waals surface area contributed by atoms with Crippen molar-refractivity contribution in [1.29, 1.82) is 0 Å². The third kappa shape index (κ3) is 4.00. The smallest absolute Gasteiger partial charge is 0.208 e. The van der Waals surface area contributed by atoms with E-state index >= 15 is 0 Å². The van der Waals surface area contributed by atoms with E-state index in [0.717, 1.165) is 32.0 Å². The second kappa shape index (κ2) is 6.09. The largest absolute Gasteiger partial charge is 0.341 e. The van der Waals surface area contributed by atoms with Crippen LogP contribution in [0.1, 0.15) is 46.5 Å². The predicted octanol–water partition coefficient (Wildman–Crippen LogP) is 1.73. The van der Waals surface area contributed by atoms with Crippen molar-refractivity contribution in [3.8, 4) is 0 Å². The highest BCUT2D eigenvalue weighted by atomic mass is 15.4. The molecule has 0 amide bonds. The van der Waals surface area contributed by atoms with Gasteiger partial charge in [-0.1, -0.05) is 27.2 Å². The number of likely N-dealkylation sites (tertiary alicyclic amines) is 1. The zero-order chi connectivity index (χ0) is 12.0. The van der Waals surface area contributed by atoms with Crippen molar-refractivity contribution in [2.75, 3.05) is 19.6 Å². The Morgan fingerprint density at radius 1 is 1.50 bits per heavy atom. The molecule has 3 N–H and O–H groups in total. The molecule has 0 saturated carbocycles. The van der Waals surface area contributed by atoms with Gasteiger partial charge in [-0.15, -0.1) is 0 Å². The second-order valence-electron chi connectivity index (χ2n) is 5.39. The average molecular weight is 226 g/mol. The lowest BCUT2D eigenvalue weighted by molar-refractivity contribution is 0.174. The number of nitrogens with zero attached hydrogens (tertiary/aromatic N) is 2. The molecule has 4 nitrogen and oxygen atoms in total. The summed E-state index contributed by atoms with van der Waals surface area (Å²) in [6, 6.07) is 0. The third-order valence-corrected chi connectivity index (χ3v) is 3.10. The van der Waals surface area contributed by atoms with Crippen LogP contribution in [-0.2, 0) is 0 Å². The predicted molar refractivity (Wildman–Crippen MR) is 69.1 cm³/mol. The summed E-state index contributed by atoms with van der Waals surface area (Å²) in [4.78, 5) is 6.80. The monoisotopic (exact) mass is 226 g/mol. The third-order valence-electron chi connectivity index (χ3n) is 3.10. The molecular weight excluding hydrogens is 200 g/mol. The van der Waals surface area contributed by atoms with Crippen molar-refractivity contribution in [1.82, 2.24) is 10.3 Å². The summed E-state index contributed by atoms with van der Waals surface area (Å²) in [7, 11) is 0. The van der Waals surface area contributed by atoms with Gasteiger partial charge in [0.25, 0.3) is 0 Å². The van der Waals surface area contributed by atoms with Gasteiger partial charge in [-0.2, -0.15) is 0 Å². The fourth-order valence-corrected chi connectivity index (χ4v) is 2.18. The first-order valence-corrected chi connectivity index (χ1v) is 6.35. The maximum Gasteiger partial charge on any atom is 0.208 e. The van der Waals surface area contributed by atoms with Crippen LogP contribution in [0.3, 0.4) is 0 Å². The van der Waals surface area contributed by atoms with Gasteiger partial charge in [0.2, 0.25) is 5.96 Å². The Kier molecular flexibility index (Phi) is 5.06. The molecule has 16 heavy (non-hydrogen) atoms. The van der Waals surface area contributed by atoms with Crippen molar-refractivity contribution in [2.24, 2.45) is 16.3 Å². The SMILES string of the molecule is CCCCN=C(NN)N1CCCC(C)(C)C1. The summed E-state index contributed by atoms with van der Waals surface area (Å²) in [5, 5.41) is 0. The minimum absolute atomic E-state index is 0.376. The molecule has 1 rings (SSSR count). The maximum atomic E-state index is 5.55. The minimum atomic E-state index is 0.376. The summed E-state index contributed by atoms with van der Waals surface area (Å²) >= 11 is 0. The fourth-order valence-electron chi connectivity index (χ4n) is 2.18. The highest BCUT2D eigenvalue weighted by Gasteiger charge is 2.27. The molecule has 1 aliphatic heterocycles. The molecule has 4 heteroatoms. The average Bonchev–Trinajstić information content (AvgIpc) is 2.23. The second-order valence-corrected chi connectivity index (χ2v) is 5.39. The molecule has 0 radical (unpaired) electrons. The van der Waals surface area contributed by atoms with Crippen molar-refractivity contribution in [2.45, 2.75) is 46.5 Å². The number of piperidine rings is 1. The van der Waals surface area contributed by atoms with E-state index in [2.05, 4.69) is 36.1 Å². The number of rotatable bonds is 3. The van der Waals surface area contributed by atoms with Crippen LogP contribution >= 0.6 is 0 Å². The van der Waals surface area contributed by atoms with Gasteiger partial charge in [0.15, 0.2) is 0 Å². The molecule has 0 unspecified atom stereocenters. The molecule has 1 saturated heterocycles. The topological polar surface area (TPSA) is 53.6 Å². The zero-order valence-electron chi connectivity index (χ0n) is 10.9. The molecule has 0 atom stereocenters. The van der Waals surface area contributed by atoms with E-state index in [1.807, 2.05) is 0 Å². The lowest BCUT2D eigenvalue weighted by Gasteiger charge is -2.39. The van der Waals surface area contributed by atoms with E-state index in [4.69, 9.17) is 5.84 Å². The van der Waals surface area contributed by atoms with E-state index in [-0.39, 0.29) is 0 Å². The number of hydrogen-bond acceptors (Lipinski definition) is 2. The van der Waals surface area contributed by atoms with Crippen LogP contribution in [0.15, 0.2) is 4.99 Å². The molecule has 1 fully saturated rings. The van der Waals surface area contributed by atoms with E-state index in [0.29, 0.717) is 5.41 Å². The van der Waals surface area contributed by atoms with Gasteiger partial charge in [0, 0.05) is 19.6 Å². The summed E-state index contributed by atoms with van der Waals surface area (Å²) in [6.07, 6.45) is 4.81. The molecule has 0 aromatic rings. The standard InChI is InChI=1S/C12H26N4/c1-4-5-8-14-11(15-13)16-9-6-7-12(2,3)10-16/h4-10,13H2,1-3H3,(H,14,15). The Hall–Kier alpha value is -0.770. The van der Waals surface area contributed by atoms with Gasteiger partial charge in [0.1, 0.15) is 0 Å². The first kappa shape index (κ1) is 13.3. The van der Waals surface area contributed by atoms with E-state index < -0.39 is 0 Å². The van der Waals surface area contributed by atoms with Crippen LogP contribution in [0, 0.1) is 5.41 Å². The first-order valence-electron chi connectivity index (χ1n) is 6.35. The van der Waals surface area contributed by atoms with Crippen molar-refractivity contribution < 1.29 is 0 Å². The van der Waals surface area contributed by atoms with Crippen LogP contribution in [0.4, 0.5) is 0 Å². The lowest BCUT2D eigenvalue weighted by Crippen LogP contribution is -2.51. The maximum absolute atomic E-state index is 5.55. The van der Waals surface area contributed by atoms with Gasteiger partial charge < -0.3 is 4.90 Å². The van der Waals surface area contributed by atoms with E-state index in [9.17, 15) is 0 Å². The molecule has 0 aliphatic carbocycles. The van der Waals surface area contributed by atoms with Crippen LogP contribution in [0.25, 0.3) is 0 Å². The number of hydrazine groups is 1. The Balaban J connectivity index is 2.55. The van der Waals surface area contributed by atoms with E-state index in [1.54, 1.807) is 0 Å². The van der Waals surface area contributed by atoms with Gasteiger partial charge in [-0.05, 0) is 24.7 Å². The van der Waals surface area contributed by atoms with Gasteiger partial charge in [-0.3, -0.25) is 10.4 Å². The lowest BCUT2D eigenvalue weighted by atomic mass is 9.84. The first-order chi connectivity index (χ1) is 7.59. The number of hydrogen-bond donors (Lipinski definition) is 2. The highest BCUT2D eigenvalue weighted by molar-refractivity contribution is 5.79. The van der Waals surface area contributed by atoms with Crippen molar-refractivity contribution in [3.63, 3.8) is 0 Å². The zero-order valence-corrected chi connectivity index (χ0v) is 10.9. The fraction of sp³-hybridized carbons (Fsp3) is 0.917. The molecule has 0 aromatic heterocycles. The van der Waals surface area contributed by atoms with E-state index in [1.165, 1.54) is 19.3 Å². The molecule has 0 aromatic carbocycles. The van der Waals surface area contributed by atoms with Crippen LogP contribution < -0.4 is 11.3 Å². The molecule has 0 bridgehead atoms. The van der Waals surface area contributed by atoms with Gasteiger partial charge in [-0.25, -0.2) is 5.84 Å². The summed E-state index contributed by atoms with van der Waals surface area (Å²) in [5.41, 5.74) is 3.12. The normalized spacial score (nSPS) is 21.0. The number of aliphatic imine (C=N–C) groups is 1. The minimum Gasteiger partial charge on any atom is -0.341 e. The molecular formula is C12H26N4. The van der Waals surface area contributed by atoms with Gasteiger partial charge >= 0.3 is 0 Å². The summed E-state index contributed by atoms with van der Waals surface area (Å²) in [6.45, 7) is 9.77. The van der Waals surface area contributed by atoms with Gasteiger partial charge in [0.05, 0.1) is 0 Å².